The highest BCUT2D eigenvalue weighted by Crippen LogP contribution is 2.25. The van der Waals surface area contributed by atoms with Crippen molar-refractivity contribution >= 4 is 17.5 Å². The molecule has 0 aliphatic heterocycles. The molecule has 0 heterocycles. The van der Waals surface area contributed by atoms with E-state index in [9.17, 15) is 9.59 Å². The van der Waals surface area contributed by atoms with Crippen molar-refractivity contribution in [2.75, 3.05) is 19.4 Å². The molecule has 6 heteroatoms. The molecule has 0 unspecified atom stereocenters. The van der Waals surface area contributed by atoms with E-state index in [1.165, 1.54) is 6.07 Å². The van der Waals surface area contributed by atoms with Crippen molar-refractivity contribution in [2.45, 2.75) is 19.9 Å². The molecule has 1 aromatic carbocycles. The Hall–Kier alpha value is -2.24. The number of ether oxygens (including phenoxy) is 1. The van der Waals surface area contributed by atoms with Crippen LogP contribution in [0.5, 0.6) is 5.75 Å². The normalized spacial score (nSPS) is 10.3. The second-order valence-electron chi connectivity index (χ2n) is 4.48. The standard InChI is InChI=1S/C13H19N3O3/c1-8(2)16(3)11(17)7-19-12-9(13(15)18)5-4-6-10(12)14/h4-6,8H,7,14H2,1-3H3,(H2,15,18). The first-order chi connectivity index (χ1) is 8.84. The number of para-hydroxylation sites is 1. The zero-order valence-corrected chi connectivity index (χ0v) is 11.3. The minimum absolute atomic E-state index is 0.0693. The topological polar surface area (TPSA) is 98.7 Å². The van der Waals surface area contributed by atoms with E-state index in [1.54, 1.807) is 24.1 Å². The fraction of sp³-hybridized carbons (Fsp3) is 0.385. The van der Waals surface area contributed by atoms with Crippen LogP contribution < -0.4 is 16.2 Å². The molecule has 0 spiro atoms. The Balaban J connectivity index is 2.84. The van der Waals surface area contributed by atoms with Gasteiger partial charge < -0.3 is 21.1 Å². The quantitative estimate of drug-likeness (QED) is 0.762. The lowest BCUT2D eigenvalue weighted by Gasteiger charge is -2.22. The minimum atomic E-state index is -0.646. The van der Waals surface area contributed by atoms with Crippen molar-refractivity contribution in [1.82, 2.24) is 4.90 Å². The zero-order chi connectivity index (χ0) is 14.6. The molecule has 0 saturated carbocycles. The molecule has 2 amide bonds. The first kappa shape index (κ1) is 14.8. The second-order valence-corrected chi connectivity index (χ2v) is 4.48. The van der Waals surface area contributed by atoms with Crippen LogP contribution in [0.3, 0.4) is 0 Å². The number of hydrogen-bond donors (Lipinski definition) is 2. The van der Waals surface area contributed by atoms with Crippen LogP contribution in [0.2, 0.25) is 0 Å². The van der Waals surface area contributed by atoms with Crippen molar-refractivity contribution < 1.29 is 14.3 Å². The van der Waals surface area contributed by atoms with Gasteiger partial charge in [-0.1, -0.05) is 6.07 Å². The number of amides is 2. The van der Waals surface area contributed by atoms with Gasteiger partial charge in [-0.25, -0.2) is 0 Å². The van der Waals surface area contributed by atoms with Gasteiger partial charge in [0, 0.05) is 13.1 Å². The average Bonchev–Trinajstić information content (AvgIpc) is 2.35. The van der Waals surface area contributed by atoms with Crippen LogP contribution in [0.1, 0.15) is 24.2 Å². The summed E-state index contributed by atoms with van der Waals surface area (Å²) in [4.78, 5) is 24.6. The average molecular weight is 265 g/mol. The number of carbonyl (C=O) groups is 2. The van der Waals surface area contributed by atoms with Crippen LogP contribution in [-0.4, -0.2) is 36.4 Å². The van der Waals surface area contributed by atoms with E-state index in [1.807, 2.05) is 13.8 Å². The highest BCUT2D eigenvalue weighted by atomic mass is 16.5. The van der Waals surface area contributed by atoms with E-state index in [-0.39, 0.29) is 35.6 Å². The second kappa shape index (κ2) is 6.08. The van der Waals surface area contributed by atoms with Crippen LogP contribution in [0, 0.1) is 0 Å². The lowest BCUT2D eigenvalue weighted by molar-refractivity contribution is -0.133. The Labute approximate surface area is 112 Å². The molecule has 0 fully saturated rings. The van der Waals surface area contributed by atoms with Gasteiger partial charge in [0.05, 0.1) is 11.3 Å². The monoisotopic (exact) mass is 265 g/mol. The summed E-state index contributed by atoms with van der Waals surface area (Å²) in [5, 5.41) is 0. The Morgan fingerprint density at radius 2 is 2.00 bits per heavy atom. The number of hydrogen-bond acceptors (Lipinski definition) is 4. The Morgan fingerprint density at radius 3 is 2.53 bits per heavy atom. The Morgan fingerprint density at radius 1 is 1.37 bits per heavy atom. The van der Waals surface area contributed by atoms with E-state index in [2.05, 4.69) is 0 Å². The number of likely N-dealkylation sites (N-methyl/N-ethyl adjacent to an activating group) is 1. The Kier molecular flexibility index (Phi) is 4.74. The van der Waals surface area contributed by atoms with Gasteiger partial charge in [0.1, 0.15) is 0 Å². The fourth-order valence-corrected chi connectivity index (χ4v) is 1.43. The van der Waals surface area contributed by atoms with E-state index in [0.717, 1.165) is 0 Å². The van der Waals surface area contributed by atoms with Gasteiger partial charge in [0.2, 0.25) is 0 Å². The molecule has 0 radical (unpaired) electrons. The van der Waals surface area contributed by atoms with Crippen molar-refractivity contribution in [3.05, 3.63) is 23.8 Å². The maximum atomic E-state index is 11.8. The summed E-state index contributed by atoms with van der Waals surface area (Å²) >= 11 is 0. The Bertz CT molecular complexity index is 486. The molecule has 0 aliphatic carbocycles. The molecular weight excluding hydrogens is 246 g/mol. The fourth-order valence-electron chi connectivity index (χ4n) is 1.43. The van der Waals surface area contributed by atoms with Crippen LogP contribution in [0.4, 0.5) is 5.69 Å². The van der Waals surface area contributed by atoms with E-state index >= 15 is 0 Å². The molecule has 0 bridgehead atoms. The number of rotatable bonds is 5. The smallest absolute Gasteiger partial charge is 0.260 e. The molecule has 6 nitrogen and oxygen atoms in total. The summed E-state index contributed by atoms with van der Waals surface area (Å²) in [7, 11) is 1.68. The lowest BCUT2D eigenvalue weighted by Crippen LogP contribution is -2.36. The predicted octanol–water partition coefficient (Wildman–Crippen LogP) is 0.613. The van der Waals surface area contributed by atoms with Crippen molar-refractivity contribution in [1.29, 1.82) is 0 Å². The number of nitrogen functional groups attached to an aromatic ring is 1. The first-order valence-corrected chi connectivity index (χ1v) is 5.91. The molecular formula is C13H19N3O3. The SMILES string of the molecule is CC(C)N(C)C(=O)COc1c(N)cccc1C(N)=O. The highest BCUT2D eigenvalue weighted by Gasteiger charge is 2.16. The van der Waals surface area contributed by atoms with E-state index < -0.39 is 5.91 Å². The summed E-state index contributed by atoms with van der Waals surface area (Å²) in [5.41, 5.74) is 11.4. The summed E-state index contributed by atoms with van der Waals surface area (Å²) in [6.45, 7) is 3.59. The largest absolute Gasteiger partial charge is 0.481 e. The van der Waals surface area contributed by atoms with Crippen molar-refractivity contribution in [3.8, 4) is 5.75 Å². The van der Waals surface area contributed by atoms with Crippen LogP contribution >= 0.6 is 0 Å². The van der Waals surface area contributed by atoms with Gasteiger partial charge in [0.25, 0.3) is 11.8 Å². The number of benzene rings is 1. The van der Waals surface area contributed by atoms with E-state index in [0.29, 0.717) is 0 Å². The number of anilines is 1. The van der Waals surface area contributed by atoms with Crippen LogP contribution in [0.15, 0.2) is 18.2 Å². The van der Waals surface area contributed by atoms with Gasteiger partial charge in [0.15, 0.2) is 12.4 Å². The molecule has 0 aliphatic rings. The lowest BCUT2D eigenvalue weighted by atomic mass is 10.1. The number of nitrogens with two attached hydrogens (primary N) is 2. The summed E-state index contributed by atoms with van der Waals surface area (Å²) in [5.74, 6) is -0.693. The molecule has 4 N–H and O–H groups in total. The molecule has 19 heavy (non-hydrogen) atoms. The summed E-state index contributed by atoms with van der Waals surface area (Å²) in [6.07, 6.45) is 0. The zero-order valence-electron chi connectivity index (χ0n) is 11.3. The van der Waals surface area contributed by atoms with Crippen LogP contribution in [-0.2, 0) is 4.79 Å². The first-order valence-electron chi connectivity index (χ1n) is 5.91. The molecule has 0 atom stereocenters. The third-order valence-electron chi connectivity index (χ3n) is 2.82. The van der Waals surface area contributed by atoms with Crippen molar-refractivity contribution in [2.24, 2.45) is 5.73 Å². The van der Waals surface area contributed by atoms with Gasteiger partial charge in [-0.3, -0.25) is 9.59 Å². The maximum Gasteiger partial charge on any atom is 0.260 e. The van der Waals surface area contributed by atoms with Gasteiger partial charge in [-0.15, -0.1) is 0 Å². The number of nitrogens with zero attached hydrogens (tertiary/aromatic N) is 1. The van der Waals surface area contributed by atoms with E-state index in [4.69, 9.17) is 16.2 Å². The highest BCUT2D eigenvalue weighted by molar-refractivity contribution is 5.97. The number of primary amides is 1. The van der Waals surface area contributed by atoms with Gasteiger partial charge >= 0.3 is 0 Å². The van der Waals surface area contributed by atoms with Gasteiger partial charge in [-0.05, 0) is 26.0 Å². The third-order valence-corrected chi connectivity index (χ3v) is 2.82. The van der Waals surface area contributed by atoms with Gasteiger partial charge in [-0.2, -0.15) is 0 Å². The molecule has 104 valence electrons. The predicted molar refractivity (Wildman–Crippen MR) is 72.8 cm³/mol. The summed E-state index contributed by atoms with van der Waals surface area (Å²) in [6, 6.07) is 4.76. The van der Waals surface area contributed by atoms with Crippen LogP contribution in [0.25, 0.3) is 0 Å². The molecule has 0 aromatic heterocycles. The molecule has 1 rings (SSSR count). The molecule has 0 saturated heterocycles. The van der Waals surface area contributed by atoms with Crippen molar-refractivity contribution in [3.63, 3.8) is 0 Å². The summed E-state index contributed by atoms with van der Waals surface area (Å²) < 4.78 is 5.35. The maximum absolute atomic E-state index is 11.8. The molecule has 1 aromatic rings. The minimum Gasteiger partial charge on any atom is -0.481 e. The third kappa shape index (κ3) is 3.61. The number of carbonyl (C=O) groups excluding carboxylic acids is 2.